The summed E-state index contributed by atoms with van der Waals surface area (Å²) in [5.41, 5.74) is 8.91. The van der Waals surface area contributed by atoms with Gasteiger partial charge in [0.05, 0.1) is 24.0 Å². The maximum absolute atomic E-state index is 11.6. The molecule has 0 spiro atoms. The van der Waals surface area contributed by atoms with E-state index in [1.807, 2.05) is 6.07 Å². The number of carbonyl (C=O) groups excluding carboxylic acids is 1. The molecule has 0 atom stereocenters. The Morgan fingerprint density at radius 3 is 2.90 bits per heavy atom. The lowest BCUT2D eigenvalue weighted by molar-refractivity contribution is 0.0602. The topological polar surface area (TPSA) is 64.3 Å². The Balaban J connectivity index is 2.16. The number of nitrogens with two attached hydrogens (primary N) is 1. The van der Waals surface area contributed by atoms with Gasteiger partial charge in [-0.3, -0.25) is 0 Å². The molecular weight excluding hydrogens is 272 g/mol. The van der Waals surface area contributed by atoms with Gasteiger partial charge in [-0.1, -0.05) is 13.0 Å². The van der Waals surface area contributed by atoms with Gasteiger partial charge in [0.1, 0.15) is 0 Å². The summed E-state index contributed by atoms with van der Waals surface area (Å²) < 4.78 is 4.71. The standard InChI is InChI=1S/C15H18N2O2S/c1-3-10-7-8-20-13(10)9-17-12-6-4-5-11(14(12)16)15(18)19-2/h4-8,17H,3,9,16H2,1-2H3. The predicted octanol–water partition coefficient (Wildman–Crippen LogP) is 3.29. The van der Waals surface area contributed by atoms with Crippen LogP contribution >= 0.6 is 11.3 Å². The number of hydrogen-bond acceptors (Lipinski definition) is 5. The molecule has 106 valence electrons. The van der Waals surface area contributed by atoms with E-state index in [1.54, 1.807) is 23.5 Å². The van der Waals surface area contributed by atoms with E-state index < -0.39 is 5.97 Å². The minimum absolute atomic E-state index is 0.388. The monoisotopic (exact) mass is 290 g/mol. The molecule has 0 aliphatic carbocycles. The number of methoxy groups -OCH3 is 1. The van der Waals surface area contributed by atoms with Crippen molar-refractivity contribution in [1.82, 2.24) is 0 Å². The molecule has 2 aromatic rings. The number of esters is 1. The number of aryl methyl sites for hydroxylation is 1. The van der Waals surface area contributed by atoms with Gasteiger partial charge in [0.25, 0.3) is 0 Å². The molecule has 0 unspecified atom stereocenters. The fourth-order valence-electron chi connectivity index (χ4n) is 2.02. The second-order valence-corrected chi connectivity index (χ2v) is 5.34. The van der Waals surface area contributed by atoms with Crippen LogP contribution in [0.25, 0.3) is 0 Å². The highest BCUT2D eigenvalue weighted by Gasteiger charge is 2.12. The number of anilines is 2. The Hall–Kier alpha value is -2.01. The van der Waals surface area contributed by atoms with Crippen molar-refractivity contribution in [2.24, 2.45) is 0 Å². The summed E-state index contributed by atoms with van der Waals surface area (Å²) in [5.74, 6) is -0.420. The molecule has 0 fully saturated rings. The molecule has 0 saturated carbocycles. The molecule has 1 heterocycles. The summed E-state index contributed by atoms with van der Waals surface area (Å²) in [5, 5.41) is 5.37. The maximum Gasteiger partial charge on any atom is 0.340 e. The van der Waals surface area contributed by atoms with Gasteiger partial charge in [-0.25, -0.2) is 4.79 Å². The first-order valence-corrected chi connectivity index (χ1v) is 7.31. The third-order valence-electron chi connectivity index (χ3n) is 3.17. The van der Waals surface area contributed by atoms with Gasteiger partial charge in [-0.15, -0.1) is 11.3 Å². The van der Waals surface area contributed by atoms with Crippen molar-refractivity contribution in [3.05, 3.63) is 45.6 Å². The molecule has 20 heavy (non-hydrogen) atoms. The van der Waals surface area contributed by atoms with E-state index in [1.165, 1.54) is 17.6 Å². The maximum atomic E-state index is 11.6. The second-order valence-electron chi connectivity index (χ2n) is 4.33. The Bertz CT molecular complexity index is 608. The van der Waals surface area contributed by atoms with Crippen LogP contribution in [-0.2, 0) is 17.7 Å². The SMILES string of the molecule is CCc1ccsc1CNc1cccc(C(=O)OC)c1N. The molecule has 0 aliphatic heterocycles. The Morgan fingerprint density at radius 2 is 2.20 bits per heavy atom. The van der Waals surface area contributed by atoms with Gasteiger partial charge in [0.2, 0.25) is 0 Å². The van der Waals surface area contributed by atoms with Crippen LogP contribution in [0.3, 0.4) is 0 Å². The van der Waals surface area contributed by atoms with Crippen molar-refractivity contribution in [2.75, 3.05) is 18.2 Å². The average Bonchev–Trinajstić information content (AvgIpc) is 2.93. The van der Waals surface area contributed by atoms with Crippen LogP contribution in [0.15, 0.2) is 29.6 Å². The summed E-state index contributed by atoms with van der Waals surface area (Å²) in [6.07, 6.45) is 1.01. The largest absolute Gasteiger partial charge is 0.465 e. The minimum atomic E-state index is -0.420. The average molecular weight is 290 g/mol. The van der Waals surface area contributed by atoms with Crippen LogP contribution in [0.2, 0.25) is 0 Å². The first kappa shape index (κ1) is 14.4. The lowest BCUT2D eigenvalue weighted by Gasteiger charge is -2.12. The van der Waals surface area contributed by atoms with E-state index in [-0.39, 0.29) is 0 Å². The van der Waals surface area contributed by atoms with Gasteiger partial charge in [0.15, 0.2) is 0 Å². The fourth-order valence-corrected chi connectivity index (χ4v) is 2.94. The summed E-state index contributed by atoms with van der Waals surface area (Å²) in [6, 6.07) is 7.45. The molecule has 0 aliphatic rings. The second kappa shape index (κ2) is 6.43. The number of thiophene rings is 1. The smallest absolute Gasteiger partial charge is 0.340 e. The number of carbonyl (C=O) groups is 1. The van der Waals surface area contributed by atoms with E-state index in [0.717, 1.165) is 12.1 Å². The Labute approximate surface area is 122 Å². The number of nitrogens with one attached hydrogen (secondary N) is 1. The van der Waals surface area contributed by atoms with Gasteiger partial charge < -0.3 is 15.8 Å². The number of rotatable bonds is 5. The molecule has 0 amide bonds. The highest BCUT2D eigenvalue weighted by Crippen LogP contribution is 2.25. The van der Waals surface area contributed by atoms with Crippen LogP contribution in [0.4, 0.5) is 11.4 Å². The van der Waals surface area contributed by atoms with E-state index in [2.05, 4.69) is 23.7 Å². The lowest BCUT2D eigenvalue weighted by Crippen LogP contribution is -2.09. The zero-order chi connectivity index (χ0) is 14.5. The van der Waals surface area contributed by atoms with Crippen molar-refractivity contribution < 1.29 is 9.53 Å². The van der Waals surface area contributed by atoms with E-state index in [4.69, 9.17) is 10.5 Å². The van der Waals surface area contributed by atoms with Gasteiger partial charge in [-0.2, -0.15) is 0 Å². The first-order chi connectivity index (χ1) is 9.67. The summed E-state index contributed by atoms with van der Waals surface area (Å²) in [6.45, 7) is 2.84. The molecule has 0 bridgehead atoms. The zero-order valence-electron chi connectivity index (χ0n) is 11.6. The fraction of sp³-hybridized carbons (Fsp3) is 0.267. The highest BCUT2D eigenvalue weighted by molar-refractivity contribution is 7.10. The molecule has 1 aromatic carbocycles. The highest BCUT2D eigenvalue weighted by atomic mass is 32.1. The lowest BCUT2D eigenvalue weighted by atomic mass is 10.1. The van der Waals surface area contributed by atoms with Crippen LogP contribution < -0.4 is 11.1 Å². The molecular formula is C15H18N2O2S. The van der Waals surface area contributed by atoms with Gasteiger partial charge in [-0.05, 0) is 35.6 Å². The van der Waals surface area contributed by atoms with Crippen molar-refractivity contribution in [3.8, 4) is 0 Å². The molecule has 0 saturated heterocycles. The van der Waals surface area contributed by atoms with Crippen molar-refractivity contribution in [3.63, 3.8) is 0 Å². The van der Waals surface area contributed by atoms with Crippen LogP contribution in [0.1, 0.15) is 27.7 Å². The van der Waals surface area contributed by atoms with Gasteiger partial charge in [0, 0.05) is 11.4 Å². The molecule has 0 radical (unpaired) electrons. The van der Waals surface area contributed by atoms with Crippen molar-refractivity contribution in [1.29, 1.82) is 0 Å². The number of ether oxygens (including phenoxy) is 1. The predicted molar refractivity (Wildman–Crippen MR) is 83.2 cm³/mol. The molecule has 3 N–H and O–H groups in total. The summed E-state index contributed by atoms with van der Waals surface area (Å²) >= 11 is 1.72. The molecule has 1 aromatic heterocycles. The first-order valence-electron chi connectivity index (χ1n) is 6.43. The van der Waals surface area contributed by atoms with Crippen molar-refractivity contribution >= 4 is 28.7 Å². The van der Waals surface area contributed by atoms with E-state index in [0.29, 0.717) is 17.8 Å². The van der Waals surface area contributed by atoms with E-state index in [9.17, 15) is 4.79 Å². The Morgan fingerprint density at radius 1 is 1.40 bits per heavy atom. The minimum Gasteiger partial charge on any atom is -0.465 e. The number of benzene rings is 1. The summed E-state index contributed by atoms with van der Waals surface area (Å²) in [7, 11) is 1.35. The third-order valence-corrected chi connectivity index (χ3v) is 4.13. The Kier molecular flexibility index (Phi) is 4.63. The van der Waals surface area contributed by atoms with Gasteiger partial charge >= 0.3 is 5.97 Å². The van der Waals surface area contributed by atoms with Crippen molar-refractivity contribution in [2.45, 2.75) is 19.9 Å². The zero-order valence-corrected chi connectivity index (χ0v) is 12.4. The van der Waals surface area contributed by atoms with Crippen LogP contribution in [0, 0.1) is 0 Å². The molecule has 5 heteroatoms. The summed E-state index contributed by atoms with van der Waals surface area (Å²) in [4.78, 5) is 12.9. The normalized spacial score (nSPS) is 10.3. The number of para-hydroxylation sites is 1. The third kappa shape index (κ3) is 2.93. The number of nitrogen functional groups attached to an aromatic ring is 1. The van der Waals surface area contributed by atoms with Crippen LogP contribution in [-0.4, -0.2) is 13.1 Å². The number of hydrogen-bond donors (Lipinski definition) is 2. The molecule has 2 rings (SSSR count). The van der Waals surface area contributed by atoms with Crippen LogP contribution in [0.5, 0.6) is 0 Å². The molecule has 4 nitrogen and oxygen atoms in total. The van der Waals surface area contributed by atoms with E-state index >= 15 is 0 Å². The quantitative estimate of drug-likeness (QED) is 0.655.